The van der Waals surface area contributed by atoms with Gasteiger partial charge in [-0.1, -0.05) is 18.2 Å². The fourth-order valence-corrected chi connectivity index (χ4v) is 2.92. The Morgan fingerprint density at radius 1 is 1.12 bits per heavy atom. The average molecular weight is 337 g/mol. The fraction of sp³-hybridized carbons (Fsp3) is 0.167. The van der Waals surface area contributed by atoms with Crippen LogP contribution in [-0.2, 0) is 13.1 Å². The minimum Gasteiger partial charge on any atom is -0.295 e. The predicted octanol–water partition coefficient (Wildman–Crippen LogP) is 2.59. The SMILES string of the molecule is CCn1ncn(Cc2nc3cc(F)ccc3n2-c2ccccc2)c1=O. The predicted molar refractivity (Wildman–Crippen MR) is 92.3 cm³/mol. The molecule has 0 saturated heterocycles. The van der Waals surface area contributed by atoms with Crippen molar-refractivity contribution in [2.45, 2.75) is 20.0 Å². The monoisotopic (exact) mass is 337 g/mol. The van der Waals surface area contributed by atoms with Gasteiger partial charge in [0.25, 0.3) is 0 Å². The van der Waals surface area contributed by atoms with Gasteiger partial charge in [-0.15, -0.1) is 0 Å². The average Bonchev–Trinajstić information content (AvgIpc) is 3.15. The molecule has 2 aromatic heterocycles. The number of para-hydroxylation sites is 1. The summed E-state index contributed by atoms with van der Waals surface area (Å²) >= 11 is 0. The van der Waals surface area contributed by atoms with Crippen LogP contribution >= 0.6 is 0 Å². The summed E-state index contributed by atoms with van der Waals surface area (Å²) in [6, 6.07) is 14.2. The summed E-state index contributed by atoms with van der Waals surface area (Å²) in [5.74, 6) is 0.303. The van der Waals surface area contributed by atoms with E-state index >= 15 is 0 Å². The van der Waals surface area contributed by atoms with E-state index in [1.807, 2.05) is 41.8 Å². The minimum atomic E-state index is -0.340. The maximum Gasteiger partial charge on any atom is 0.346 e. The Kier molecular flexibility index (Phi) is 3.68. The van der Waals surface area contributed by atoms with Crippen molar-refractivity contribution < 1.29 is 4.39 Å². The van der Waals surface area contributed by atoms with E-state index in [1.54, 1.807) is 6.07 Å². The number of nitrogens with zero attached hydrogens (tertiary/aromatic N) is 5. The molecular weight excluding hydrogens is 321 g/mol. The van der Waals surface area contributed by atoms with Crippen molar-refractivity contribution in [3.8, 4) is 5.69 Å². The second-order valence-electron chi connectivity index (χ2n) is 5.69. The molecule has 0 bridgehead atoms. The Morgan fingerprint density at radius 3 is 2.64 bits per heavy atom. The van der Waals surface area contributed by atoms with Gasteiger partial charge in [0, 0.05) is 18.3 Å². The van der Waals surface area contributed by atoms with Crippen molar-refractivity contribution in [1.82, 2.24) is 23.9 Å². The molecule has 0 radical (unpaired) electrons. The van der Waals surface area contributed by atoms with Gasteiger partial charge in [0.2, 0.25) is 0 Å². The number of benzene rings is 2. The Balaban J connectivity index is 1.90. The summed E-state index contributed by atoms with van der Waals surface area (Å²) < 4.78 is 18.4. The van der Waals surface area contributed by atoms with Gasteiger partial charge in [0.15, 0.2) is 0 Å². The molecule has 0 aliphatic carbocycles. The van der Waals surface area contributed by atoms with Gasteiger partial charge in [-0.3, -0.25) is 9.13 Å². The number of hydrogen-bond acceptors (Lipinski definition) is 3. The first-order valence-corrected chi connectivity index (χ1v) is 8.02. The van der Waals surface area contributed by atoms with Crippen LogP contribution < -0.4 is 5.69 Å². The Labute approximate surface area is 142 Å². The molecule has 7 heteroatoms. The number of hydrogen-bond donors (Lipinski definition) is 0. The van der Waals surface area contributed by atoms with Gasteiger partial charge >= 0.3 is 5.69 Å². The zero-order chi connectivity index (χ0) is 17.4. The lowest BCUT2D eigenvalue weighted by Crippen LogP contribution is -2.25. The van der Waals surface area contributed by atoms with E-state index in [-0.39, 0.29) is 18.1 Å². The van der Waals surface area contributed by atoms with E-state index in [1.165, 1.54) is 27.7 Å². The van der Waals surface area contributed by atoms with Crippen LogP contribution in [0.5, 0.6) is 0 Å². The van der Waals surface area contributed by atoms with E-state index < -0.39 is 0 Å². The van der Waals surface area contributed by atoms with Crippen LogP contribution in [0.1, 0.15) is 12.7 Å². The molecular formula is C18H16FN5O. The normalized spacial score (nSPS) is 11.3. The maximum atomic E-state index is 13.6. The highest BCUT2D eigenvalue weighted by Crippen LogP contribution is 2.22. The van der Waals surface area contributed by atoms with Gasteiger partial charge in [0.1, 0.15) is 18.0 Å². The van der Waals surface area contributed by atoms with Crippen LogP contribution in [0.25, 0.3) is 16.7 Å². The summed E-state index contributed by atoms with van der Waals surface area (Å²) in [6.07, 6.45) is 1.50. The van der Waals surface area contributed by atoms with Crippen LogP contribution in [-0.4, -0.2) is 23.9 Å². The molecule has 0 atom stereocenters. The number of aromatic nitrogens is 5. The quantitative estimate of drug-likeness (QED) is 0.575. The molecule has 0 N–H and O–H groups in total. The first kappa shape index (κ1) is 15.3. The van der Waals surface area contributed by atoms with Crippen molar-refractivity contribution in [3.05, 3.63) is 77.0 Å². The van der Waals surface area contributed by atoms with E-state index in [0.717, 1.165) is 11.2 Å². The molecule has 6 nitrogen and oxygen atoms in total. The molecule has 25 heavy (non-hydrogen) atoms. The molecule has 0 spiro atoms. The molecule has 126 valence electrons. The standard InChI is InChI=1S/C18H16FN5O/c1-2-23-18(25)22(12-20-23)11-17-21-15-10-13(19)8-9-16(15)24(17)14-6-4-3-5-7-14/h3-10,12H,2,11H2,1H3. The molecule has 4 rings (SSSR count). The zero-order valence-electron chi connectivity index (χ0n) is 13.6. The number of rotatable bonds is 4. The van der Waals surface area contributed by atoms with Crippen molar-refractivity contribution in [2.24, 2.45) is 0 Å². The molecule has 0 saturated carbocycles. The first-order chi connectivity index (χ1) is 12.2. The van der Waals surface area contributed by atoms with Crippen LogP contribution in [0.2, 0.25) is 0 Å². The highest BCUT2D eigenvalue weighted by molar-refractivity contribution is 5.78. The third-order valence-electron chi connectivity index (χ3n) is 4.11. The highest BCUT2D eigenvalue weighted by atomic mass is 19.1. The molecule has 2 heterocycles. The molecule has 0 aliphatic heterocycles. The topological polar surface area (TPSA) is 57.6 Å². The second-order valence-corrected chi connectivity index (χ2v) is 5.69. The number of halogens is 1. The van der Waals surface area contributed by atoms with E-state index in [2.05, 4.69) is 10.1 Å². The lowest BCUT2D eigenvalue weighted by molar-refractivity contribution is 0.610. The summed E-state index contributed by atoms with van der Waals surface area (Å²) in [5, 5.41) is 4.07. The number of imidazole rings is 1. The van der Waals surface area contributed by atoms with Crippen molar-refractivity contribution in [2.75, 3.05) is 0 Å². The lowest BCUT2D eigenvalue weighted by Gasteiger charge is -2.09. The highest BCUT2D eigenvalue weighted by Gasteiger charge is 2.15. The van der Waals surface area contributed by atoms with E-state index in [0.29, 0.717) is 17.9 Å². The molecule has 0 unspecified atom stereocenters. The van der Waals surface area contributed by atoms with Crippen LogP contribution in [0, 0.1) is 5.82 Å². The largest absolute Gasteiger partial charge is 0.346 e. The second kappa shape index (κ2) is 6.01. The summed E-state index contributed by atoms with van der Waals surface area (Å²) in [6.45, 7) is 2.62. The first-order valence-electron chi connectivity index (χ1n) is 8.02. The Morgan fingerprint density at radius 2 is 1.92 bits per heavy atom. The number of aryl methyl sites for hydroxylation is 1. The summed E-state index contributed by atoms with van der Waals surface area (Å²) in [4.78, 5) is 16.8. The number of fused-ring (bicyclic) bond motifs is 1. The van der Waals surface area contributed by atoms with Gasteiger partial charge in [-0.25, -0.2) is 18.9 Å². The molecule has 0 amide bonds. The smallest absolute Gasteiger partial charge is 0.295 e. The molecule has 2 aromatic carbocycles. The fourth-order valence-electron chi connectivity index (χ4n) is 2.92. The van der Waals surface area contributed by atoms with Crippen LogP contribution in [0.3, 0.4) is 0 Å². The molecule has 4 aromatic rings. The van der Waals surface area contributed by atoms with Gasteiger partial charge in [0.05, 0.1) is 17.6 Å². The van der Waals surface area contributed by atoms with E-state index in [9.17, 15) is 9.18 Å². The zero-order valence-corrected chi connectivity index (χ0v) is 13.6. The molecule has 0 aliphatic rings. The summed E-state index contributed by atoms with van der Waals surface area (Å²) in [5.41, 5.74) is 2.05. The van der Waals surface area contributed by atoms with Crippen molar-refractivity contribution in [1.29, 1.82) is 0 Å². The third-order valence-corrected chi connectivity index (χ3v) is 4.11. The summed E-state index contributed by atoms with van der Waals surface area (Å²) in [7, 11) is 0. The van der Waals surface area contributed by atoms with Gasteiger partial charge in [-0.05, 0) is 31.2 Å². The van der Waals surface area contributed by atoms with Crippen molar-refractivity contribution >= 4 is 11.0 Å². The van der Waals surface area contributed by atoms with Crippen molar-refractivity contribution in [3.63, 3.8) is 0 Å². The Bertz CT molecular complexity index is 1090. The van der Waals surface area contributed by atoms with Crippen LogP contribution in [0.15, 0.2) is 59.7 Å². The molecule has 0 fully saturated rings. The Hall–Kier alpha value is -3.22. The van der Waals surface area contributed by atoms with Gasteiger partial charge < -0.3 is 0 Å². The minimum absolute atomic E-state index is 0.194. The lowest BCUT2D eigenvalue weighted by atomic mass is 10.2. The van der Waals surface area contributed by atoms with Crippen LogP contribution in [0.4, 0.5) is 4.39 Å². The maximum absolute atomic E-state index is 13.6. The van der Waals surface area contributed by atoms with Gasteiger partial charge in [-0.2, -0.15) is 5.10 Å². The van der Waals surface area contributed by atoms with E-state index in [4.69, 9.17) is 0 Å². The third kappa shape index (κ3) is 2.63.